The topological polar surface area (TPSA) is 79.9 Å². The lowest BCUT2D eigenvalue weighted by atomic mass is 9.96. The van der Waals surface area contributed by atoms with Gasteiger partial charge in [0.25, 0.3) is 5.91 Å². The standard InChI is InChI=1S/C23H34BrN3O4/c1-3-13-31-21-19(24)14-16(15-20(21)30-2)22(28)27-11-9-18(10-12-27)26-23(29)25-17-7-5-4-6-8-17/h14-15,17-18H,3-13H2,1-2H3,(H2,25,26,29). The summed E-state index contributed by atoms with van der Waals surface area (Å²) in [5.74, 6) is 1.13. The Morgan fingerprint density at radius 2 is 1.71 bits per heavy atom. The zero-order chi connectivity index (χ0) is 22.2. The third kappa shape index (κ3) is 6.51. The number of likely N-dealkylation sites (tertiary alicyclic amines) is 1. The number of hydrogen-bond acceptors (Lipinski definition) is 4. The van der Waals surface area contributed by atoms with Gasteiger partial charge in [0.05, 0.1) is 18.2 Å². The molecule has 3 amide bonds. The van der Waals surface area contributed by atoms with Crippen molar-refractivity contribution in [3.8, 4) is 11.5 Å². The minimum Gasteiger partial charge on any atom is -0.493 e. The van der Waals surface area contributed by atoms with Gasteiger partial charge in [0.15, 0.2) is 11.5 Å². The van der Waals surface area contributed by atoms with Gasteiger partial charge in [-0.15, -0.1) is 0 Å². The van der Waals surface area contributed by atoms with Gasteiger partial charge in [-0.2, -0.15) is 0 Å². The van der Waals surface area contributed by atoms with Crippen LogP contribution in [-0.4, -0.2) is 55.7 Å². The molecule has 172 valence electrons. The van der Waals surface area contributed by atoms with Crippen molar-refractivity contribution in [1.29, 1.82) is 0 Å². The molecule has 31 heavy (non-hydrogen) atoms. The van der Waals surface area contributed by atoms with E-state index < -0.39 is 0 Å². The minimum absolute atomic E-state index is 0.0360. The number of methoxy groups -OCH3 is 1. The summed E-state index contributed by atoms with van der Waals surface area (Å²) in [4.78, 5) is 27.2. The number of urea groups is 1. The summed E-state index contributed by atoms with van der Waals surface area (Å²) in [5, 5.41) is 6.19. The highest BCUT2D eigenvalue weighted by Gasteiger charge is 2.26. The monoisotopic (exact) mass is 495 g/mol. The Kier molecular flexibility index (Phi) is 8.87. The fourth-order valence-corrected chi connectivity index (χ4v) is 4.81. The number of rotatable bonds is 7. The molecule has 2 N–H and O–H groups in total. The second-order valence-corrected chi connectivity index (χ2v) is 9.21. The predicted octanol–water partition coefficient (Wildman–Crippen LogP) is 4.48. The molecule has 1 saturated heterocycles. The molecule has 8 heteroatoms. The summed E-state index contributed by atoms with van der Waals surface area (Å²) in [7, 11) is 1.57. The van der Waals surface area contributed by atoms with Crippen LogP contribution in [0.3, 0.4) is 0 Å². The van der Waals surface area contributed by atoms with Gasteiger partial charge in [0.1, 0.15) is 0 Å². The highest BCUT2D eigenvalue weighted by molar-refractivity contribution is 9.10. The lowest BCUT2D eigenvalue weighted by Gasteiger charge is -2.33. The molecule has 1 aromatic rings. The number of carbonyl (C=O) groups excluding carboxylic acids is 2. The normalized spacial score (nSPS) is 17.8. The molecule has 0 aromatic heterocycles. The smallest absolute Gasteiger partial charge is 0.315 e. The van der Waals surface area contributed by atoms with Crippen LogP contribution < -0.4 is 20.1 Å². The number of nitrogens with one attached hydrogen (secondary N) is 2. The molecule has 0 radical (unpaired) electrons. The highest BCUT2D eigenvalue weighted by atomic mass is 79.9. The molecular formula is C23H34BrN3O4. The molecule has 1 aliphatic heterocycles. The lowest BCUT2D eigenvalue weighted by molar-refractivity contribution is 0.0707. The van der Waals surface area contributed by atoms with E-state index in [1.165, 1.54) is 19.3 Å². The summed E-state index contributed by atoms with van der Waals surface area (Å²) in [6, 6.07) is 3.84. The summed E-state index contributed by atoms with van der Waals surface area (Å²) in [6.45, 7) is 3.84. The van der Waals surface area contributed by atoms with E-state index >= 15 is 0 Å². The van der Waals surface area contributed by atoms with Gasteiger partial charge in [0.2, 0.25) is 0 Å². The molecular weight excluding hydrogens is 462 g/mol. The van der Waals surface area contributed by atoms with Crippen molar-refractivity contribution >= 4 is 27.9 Å². The first kappa shape index (κ1) is 23.7. The van der Waals surface area contributed by atoms with Crippen LogP contribution in [0.1, 0.15) is 68.6 Å². The van der Waals surface area contributed by atoms with Crippen LogP contribution in [0.15, 0.2) is 16.6 Å². The van der Waals surface area contributed by atoms with Crippen molar-refractivity contribution in [2.45, 2.75) is 70.4 Å². The molecule has 7 nitrogen and oxygen atoms in total. The molecule has 1 aliphatic carbocycles. The molecule has 1 heterocycles. The van der Waals surface area contributed by atoms with Crippen LogP contribution in [0.25, 0.3) is 0 Å². The third-order valence-electron chi connectivity index (χ3n) is 5.98. The van der Waals surface area contributed by atoms with Gasteiger partial charge in [-0.25, -0.2) is 4.79 Å². The Labute approximate surface area is 193 Å². The van der Waals surface area contributed by atoms with Crippen LogP contribution >= 0.6 is 15.9 Å². The van der Waals surface area contributed by atoms with Gasteiger partial charge in [-0.05, 0) is 60.2 Å². The number of carbonyl (C=O) groups is 2. The summed E-state index contributed by atoms with van der Waals surface area (Å²) < 4.78 is 11.9. The van der Waals surface area contributed by atoms with Crippen molar-refractivity contribution in [3.63, 3.8) is 0 Å². The molecule has 0 unspecified atom stereocenters. The SMILES string of the molecule is CCCOc1c(Br)cc(C(=O)N2CCC(NC(=O)NC3CCCCC3)CC2)cc1OC. The average Bonchev–Trinajstić information content (AvgIpc) is 2.78. The van der Waals surface area contributed by atoms with E-state index in [-0.39, 0.29) is 18.0 Å². The highest BCUT2D eigenvalue weighted by Crippen LogP contribution is 2.37. The van der Waals surface area contributed by atoms with E-state index in [4.69, 9.17) is 9.47 Å². The van der Waals surface area contributed by atoms with Crippen molar-refractivity contribution < 1.29 is 19.1 Å². The Bertz CT molecular complexity index is 759. The van der Waals surface area contributed by atoms with E-state index in [1.807, 2.05) is 11.8 Å². The largest absolute Gasteiger partial charge is 0.493 e. The van der Waals surface area contributed by atoms with Gasteiger partial charge in [0, 0.05) is 30.7 Å². The number of nitrogens with zero attached hydrogens (tertiary/aromatic N) is 1. The van der Waals surface area contributed by atoms with Crippen LogP contribution in [0.2, 0.25) is 0 Å². The molecule has 1 saturated carbocycles. The maximum atomic E-state index is 13.0. The Morgan fingerprint density at radius 1 is 1.06 bits per heavy atom. The molecule has 0 bridgehead atoms. The second kappa shape index (κ2) is 11.6. The van der Waals surface area contributed by atoms with Crippen molar-refractivity contribution in [1.82, 2.24) is 15.5 Å². The third-order valence-corrected chi connectivity index (χ3v) is 6.57. The first-order valence-electron chi connectivity index (χ1n) is 11.4. The Balaban J connectivity index is 1.52. The minimum atomic E-state index is -0.0759. The van der Waals surface area contributed by atoms with E-state index in [0.717, 1.165) is 32.1 Å². The lowest BCUT2D eigenvalue weighted by Crippen LogP contribution is -2.51. The predicted molar refractivity (Wildman–Crippen MR) is 124 cm³/mol. The summed E-state index contributed by atoms with van der Waals surface area (Å²) in [6.07, 6.45) is 8.18. The van der Waals surface area contributed by atoms with E-state index in [2.05, 4.69) is 26.6 Å². The number of piperidine rings is 1. The number of hydrogen-bond donors (Lipinski definition) is 2. The molecule has 2 aliphatic rings. The van der Waals surface area contributed by atoms with Gasteiger partial charge in [-0.3, -0.25) is 4.79 Å². The van der Waals surface area contributed by atoms with E-state index in [9.17, 15) is 9.59 Å². The molecule has 3 rings (SSSR count). The second-order valence-electron chi connectivity index (χ2n) is 8.36. The fourth-order valence-electron chi connectivity index (χ4n) is 4.26. The van der Waals surface area contributed by atoms with Crippen LogP contribution in [0.5, 0.6) is 11.5 Å². The maximum absolute atomic E-state index is 13.0. The van der Waals surface area contributed by atoms with Crippen molar-refractivity contribution in [2.75, 3.05) is 26.8 Å². The van der Waals surface area contributed by atoms with Gasteiger partial charge < -0.3 is 25.0 Å². The Morgan fingerprint density at radius 3 is 2.32 bits per heavy atom. The van der Waals surface area contributed by atoms with Gasteiger partial charge in [-0.1, -0.05) is 26.2 Å². The number of benzene rings is 1. The van der Waals surface area contributed by atoms with Gasteiger partial charge >= 0.3 is 6.03 Å². The van der Waals surface area contributed by atoms with Crippen molar-refractivity contribution in [3.05, 3.63) is 22.2 Å². The van der Waals surface area contributed by atoms with Crippen LogP contribution in [0, 0.1) is 0 Å². The van der Waals surface area contributed by atoms with Crippen LogP contribution in [-0.2, 0) is 0 Å². The average molecular weight is 496 g/mol. The zero-order valence-corrected chi connectivity index (χ0v) is 20.1. The van der Waals surface area contributed by atoms with Crippen molar-refractivity contribution in [2.24, 2.45) is 0 Å². The maximum Gasteiger partial charge on any atom is 0.315 e. The molecule has 1 aromatic carbocycles. The van der Waals surface area contributed by atoms with Crippen LogP contribution in [0.4, 0.5) is 4.79 Å². The van der Waals surface area contributed by atoms with E-state index in [0.29, 0.717) is 47.3 Å². The number of ether oxygens (including phenoxy) is 2. The summed E-state index contributed by atoms with van der Waals surface area (Å²) in [5.41, 5.74) is 0.564. The number of amides is 3. The molecule has 0 atom stereocenters. The zero-order valence-electron chi connectivity index (χ0n) is 18.5. The molecule has 0 spiro atoms. The summed E-state index contributed by atoms with van der Waals surface area (Å²) >= 11 is 3.51. The quantitative estimate of drug-likeness (QED) is 0.584. The Hall–Kier alpha value is -1.96. The first-order chi connectivity index (χ1) is 15.0. The fraction of sp³-hybridized carbons (Fsp3) is 0.652. The van der Waals surface area contributed by atoms with E-state index in [1.54, 1.807) is 19.2 Å². The number of halogens is 1. The molecule has 2 fully saturated rings. The first-order valence-corrected chi connectivity index (χ1v) is 12.2.